The normalized spacial score (nSPS) is 10.7. The van der Waals surface area contributed by atoms with E-state index in [1.807, 2.05) is 12.1 Å². The van der Waals surface area contributed by atoms with Gasteiger partial charge in [0.15, 0.2) is 11.5 Å². The molecule has 0 radical (unpaired) electrons. The molecular weight excluding hydrogens is 339 g/mol. The molecule has 0 saturated carbocycles. The van der Waals surface area contributed by atoms with E-state index in [-0.39, 0.29) is 5.82 Å². The summed E-state index contributed by atoms with van der Waals surface area (Å²) in [5.74, 6) is 0.906. The molecule has 0 aliphatic rings. The molecule has 0 atom stereocenters. The Morgan fingerprint density at radius 2 is 1.86 bits per heavy atom. The van der Waals surface area contributed by atoms with E-state index in [2.05, 4.69) is 26.5 Å². The predicted octanol–water partition coefficient (Wildman–Crippen LogP) is 4.05. The van der Waals surface area contributed by atoms with Crippen LogP contribution in [0.4, 0.5) is 10.1 Å². The third-order valence-electron chi connectivity index (χ3n) is 2.71. The van der Waals surface area contributed by atoms with Gasteiger partial charge in [0.05, 0.1) is 26.1 Å². The summed E-state index contributed by atoms with van der Waals surface area (Å²) in [5, 5.41) is 4.11. The van der Waals surface area contributed by atoms with Crippen LogP contribution in [0.1, 0.15) is 5.56 Å². The number of benzene rings is 2. The highest BCUT2D eigenvalue weighted by atomic mass is 79.9. The first-order chi connectivity index (χ1) is 10.1. The quantitative estimate of drug-likeness (QED) is 0.651. The zero-order valence-corrected chi connectivity index (χ0v) is 13.1. The summed E-state index contributed by atoms with van der Waals surface area (Å²) in [4.78, 5) is 0. The second-order valence-corrected chi connectivity index (χ2v) is 5.02. The highest BCUT2D eigenvalue weighted by Gasteiger charge is 2.10. The SMILES string of the molecule is COc1cc(Br)cc(/C=N/Nc2ccc(F)cc2)c1OC. The molecule has 4 nitrogen and oxygen atoms in total. The zero-order chi connectivity index (χ0) is 15.2. The number of anilines is 1. The van der Waals surface area contributed by atoms with Crippen molar-refractivity contribution in [2.75, 3.05) is 19.6 Å². The van der Waals surface area contributed by atoms with Crippen LogP contribution in [-0.4, -0.2) is 20.4 Å². The first-order valence-electron chi connectivity index (χ1n) is 6.10. The minimum Gasteiger partial charge on any atom is -0.493 e. The number of methoxy groups -OCH3 is 2. The molecular formula is C15H14BrFN2O2. The van der Waals surface area contributed by atoms with Crippen molar-refractivity contribution < 1.29 is 13.9 Å². The average molecular weight is 353 g/mol. The highest BCUT2D eigenvalue weighted by Crippen LogP contribution is 2.33. The molecule has 0 amide bonds. The van der Waals surface area contributed by atoms with Gasteiger partial charge in [-0.15, -0.1) is 0 Å². The van der Waals surface area contributed by atoms with Crippen molar-refractivity contribution in [3.8, 4) is 11.5 Å². The maximum absolute atomic E-state index is 12.8. The van der Waals surface area contributed by atoms with Crippen molar-refractivity contribution in [2.45, 2.75) is 0 Å². The van der Waals surface area contributed by atoms with Gasteiger partial charge in [-0.1, -0.05) is 15.9 Å². The topological polar surface area (TPSA) is 42.8 Å². The van der Waals surface area contributed by atoms with Crippen LogP contribution in [0.25, 0.3) is 0 Å². The summed E-state index contributed by atoms with van der Waals surface area (Å²) in [6.07, 6.45) is 1.61. The Labute approximate surface area is 130 Å². The van der Waals surface area contributed by atoms with Crippen molar-refractivity contribution >= 4 is 27.8 Å². The molecule has 110 valence electrons. The third-order valence-corrected chi connectivity index (χ3v) is 3.17. The lowest BCUT2D eigenvalue weighted by Gasteiger charge is -2.10. The summed E-state index contributed by atoms with van der Waals surface area (Å²) >= 11 is 3.40. The number of hydrazone groups is 1. The van der Waals surface area contributed by atoms with E-state index in [1.54, 1.807) is 32.6 Å². The van der Waals surface area contributed by atoms with Gasteiger partial charge in [-0.05, 0) is 36.4 Å². The molecule has 0 spiro atoms. The van der Waals surface area contributed by atoms with Gasteiger partial charge in [0.25, 0.3) is 0 Å². The molecule has 6 heteroatoms. The Kier molecular flexibility index (Phi) is 5.16. The van der Waals surface area contributed by atoms with E-state index in [0.717, 1.165) is 10.0 Å². The van der Waals surface area contributed by atoms with Gasteiger partial charge in [0.1, 0.15) is 5.82 Å². The minimum absolute atomic E-state index is 0.289. The van der Waals surface area contributed by atoms with E-state index in [9.17, 15) is 4.39 Å². The fraction of sp³-hybridized carbons (Fsp3) is 0.133. The Morgan fingerprint density at radius 1 is 1.14 bits per heavy atom. The number of halogens is 2. The lowest BCUT2D eigenvalue weighted by atomic mass is 10.2. The summed E-state index contributed by atoms with van der Waals surface area (Å²) in [6.45, 7) is 0. The van der Waals surface area contributed by atoms with Crippen LogP contribution in [0.3, 0.4) is 0 Å². The maximum atomic E-state index is 12.8. The Bertz CT molecular complexity index is 645. The lowest BCUT2D eigenvalue weighted by molar-refractivity contribution is 0.354. The second-order valence-electron chi connectivity index (χ2n) is 4.11. The van der Waals surface area contributed by atoms with Gasteiger partial charge in [-0.25, -0.2) is 4.39 Å². The molecule has 0 aliphatic heterocycles. The molecule has 0 aliphatic carbocycles. The average Bonchev–Trinajstić information content (AvgIpc) is 2.48. The Morgan fingerprint density at radius 3 is 2.48 bits per heavy atom. The van der Waals surface area contributed by atoms with Gasteiger partial charge >= 0.3 is 0 Å². The monoisotopic (exact) mass is 352 g/mol. The van der Waals surface area contributed by atoms with Crippen molar-refractivity contribution in [3.63, 3.8) is 0 Å². The van der Waals surface area contributed by atoms with E-state index in [1.165, 1.54) is 12.1 Å². The molecule has 0 heterocycles. The molecule has 2 aromatic rings. The Hall–Kier alpha value is -2.08. The second kappa shape index (κ2) is 7.08. The maximum Gasteiger partial charge on any atom is 0.169 e. The number of ether oxygens (including phenoxy) is 2. The van der Waals surface area contributed by atoms with Crippen LogP contribution >= 0.6 is 15.9 Å². The molecule has 0 unspecified atom stereocenters. The van der Waals surface area contributed by atoms with E-state index < -0.39 is 0 Å². The van der Waals surface area contributed by atoms with Gasteiger partial charge in [-0.2, -0.15) is 5.10 Å². The first kappa shape index (κ1) is 15.3. The third kappa shape index (κ3) is 3.95. The highest BCUT2D eigenvalue weighted by molar-refractivity contribution is 9.10. The number of hydrogen-bond acceptors (Lipinski definition) is 4. The van der Waals surface area contributed by atoms with Crippen molar-refractivity contribution in [3.05, 3.63) is 52.3 Å². The van der Waals surface area contributed by atoms with E-state index in [4.69, 9.17) is 9.47 Å². The van der Waals surface area contributed by atoms with Crippen LogP contribution in [0.5, 0.6) is 11.5 Å². The first-order valence-corrected chi connectivity index (χ1v) is 6.89. The van der Waals surface area contributed by atoms with Gasteiger partial charge in [0.2, 0.25) is 0 Å². The predicted molar refractivity (Wildman–Crippen MR) is 84.9 cm³/mol. The molecule has 0 bridgehead atoms. The number of nitrogens with zero attached hydrogens (tertiary/aromatic N) is 1. The van der Waals surface area contributed by atoms with Crippen LogP contribution in [0.2, 0.25) is 0 Å². The zero-order valence-electron chi connectivity index (χ0n) is 11.6. The molecule has 21 heavy (non-hydrogen) atoms. The molecule has 1 N–H and O–H groups in total. The molecule has 0 aromatic heterocycles. The summed E-state index contributed by atoms with van der Waals surface area (Å²) in [5.41, 5.74) is 4.26. The van der Waals surface area contributed by atoms with Crippen molar-refractivity contribution in [1.29, 1.82) is 0 Å². The van der Waals surface area contributed by atoms with Gasteiger partial charge in [0, 0.05) is 10.0 Å². The van der Waals surface area contributed by atoms with E-state index in [0.29, 0.717) is 17.2 Å². The number of rotatable bonds is 5. The fourth-order valence-corrected chi connectivity index (χ4v) is 2.21. The van der Waals surface area contributed by atoms with Gasteiger partial charge < -0.3 is 9.47 Å². The molecule has 2 rings (SSSR count). The van der Waals surface area contributed by atoms with Crippen LogP contribution < -0.4 is 14.9 Å². The van der Waals surface area contributed by atoms with E-state index >= 15 is 0 Å². The largest absolute Gasteiger partial charge is 0.493 e. The smallest absolute Gasteiger partial charge is 0.169 e. The number of nitrogens with one attached hydrogen (secondary N) is 1. The fourth-order valence-electron chi connectivity index (χ4n) is 1.76. The molecule has 2 aromatic carbocycles. The van der Waals surface area contributed by atoms with Crippen molar-refractivity contribution in [2.24, 2.45) is 5.10 Å². The standard InChI is InChI=1S/C15H14BrFN2O2/c1-20-14-8-11(16)7-10(15(14)21-2)9-18-19-13-5-3-12(17)4-6-13/h3-9,19H,1-2H3/b18-9+. The minimum atomic E-state index is -0.289. The summed E-state index contributed by atoms with van der Waals surface area (Å²) < 4.78 is 24.2. The number of hydrogen-bond donors (Lipinski definition) is 1. The van der Waals surface area contributed by atoms with Crippen LogP contribution in [0, 0.1) is 5.82 Å². The van der Waals surface area contributed by atoms with Crippen molar-refractivity contribution in [1.82, 2.24) is 0 Å². The van der Waals surface area contributed by atoms with Crippen LogP contribution in [-0.2, 0) is 0 Å². The lowest BCUT2D eigenvalue weighted by Crippen LogP contribution is -1.97. The molecule has 0 fully saturated rings. The van der Waals surface area contributed by atoms with Gasteiger partial charge in [-0.3, -0.25) is 5.43 Å². The summed E-state index contributed by atoms with van der Waals surface area (Å²) in [7, 11) is 3.14. The van der Waals surface area contributed by atoms with Crippen LogP contribution in [0.15, 0.2) is 46.0 Å². The Balaban J connectivity index is 2.20. The molecule has 0 saturated heterocycles. The summed E-state index contributed by atoms with van der Waals surface area (Å²) in [6, 6.07) is 9.60.